The van der Waals surface area contributed by atoms with Crippen LogP contribution in [0.1, 0.15) is 6.92 Å². The predicted molar refractivity (Wildman–Crippen MR) is 78.1 cm³/mol. The van der Waals surface area contributed by atoms with E-state index in [0.29, 0.717) is 12.2 Å². The summed E-state index contributed by atoms with van der Waals surface area (Å²) in [5, 5.41) is 0. The zero-order valence-corrected chi connectivity index (χ0v) is 11.4. The molecule has 0 fully saturated rings. The molecule has 2 rings (SSSR count). The molecule has 5 heteroatoms. The molecular weight excluding hydrogens is 260 g/mol. The summed E-state index contributed by atoms with van der Waals surface area (Å²) >= 11 is 0. The van der Waals surface area contributed by atoms with Crippen LogP contribution < -0.4 is 9.44 Å². The molecule has 0 heterocycles. The van der Waals surface area contributed by atoms with Gasteiger partial charge in [-0.2, -0.15) is 13.1 Å². The smallest absolute Gasteiger partial charge is 0.270 e. The van der Waals surface area contributed by atoms with Crippen molar-refractivity contribution in [2.45, 2.75) is 6.92 Å². The minimum absolute atomic E-state index is 0.350. The second-order valence-electron chi connectivity index (χ2n) is 4.01. The summed E-state index contributed by atoms with van der Waals surface area (Å²) in [6, 6.07) is 17.0. The molecule has 0 saturated carbocycles. The Morgan fingerprint density at radius 1 is 0.947 bits per heavy atom. The lowest BCUT2D eigenvalue weighted by Crippen LogP contribution is -2.29. The van der Waals surface area contributed by atoms with E-state index in [1.807, 2.05) is 42.5 Å². The lowest BCUT2D eigenvalue weighted by atomic mass is 10.0. The molecule has 2 N–H and O–H groups in total. The van der Waals surface area contributed by atoms with Gasteiger partial charge in [-0.1, -0.05) is 55.5 Å². The second-order valence-corrected chi connectivity index (χ2v) is 5.51. The topological polar surface area (TPSA) is 58.2 Å². The highest BCUT2D eigenvalue weighted by atomic mass is 32.2. The summed E-state index contributed by atoms with van der Waals surface area (Å²) in [5.41, 5.74) is 2.39. The lowest BCUT2D eigenvalue weighted by molar-refractivity contribution is 0.589. The minimum Gasteiger partial charge on any atom is -0.270 e. The van der Waals surface area contributed by atoms with Crippen LogP contribution in [-0.4, -0.2) is 15.0 Å². The zero-order chi connectivity index (χ0) is 13.7. The van der Waals surface area contributed by atoms with E-state index in [-0.39, 0.29) is 0 Å². The van der Waals surface area contributed by atoms with Crippen LogP contribution in [0.25, 0.3) is 11.1 Å². The maximum atomic E-state index is 11.8. The molecule has 0 saturated heterocycles. The molecule has 0 aliphatic carbocycles. The van der Waals surface area contributed by atoms with Crippen LogP contribution in [0.4, 0.5) is 5.69 Å². The molecule has 0 spiro atoms. The van der Waals surface area contributed by atoms with Crippen molar-refractivity contribution in [2.24, 2.45) is 0 Å². The fraction of sp³-hybridized carbons (Fsp3) is 0.143. The quantitative estimate of drug-likeness (QED) is 0.882. The van der Waals surface area contributed by atoms with E-state index in [1.165, 1.54) is 0 Å². The van der Waals surface area contributed by atoms with Crippen molar-refractivity contribution in [3.05, 3.63) is 54.6 Å². The molecule has 0 radical (unpaired) electrons. The van der Waals surface area contributed by atoms with Gasteiger partial charge in [0.15, 0.2) is 0 Å². The average molecular weight is 276 g/mol. The summed E-state index contributed by atoms with van der Waals surface area (Å²) in [6.07, 6.45) is 0. The van der Waals surface area contributed by atoms with Gasteiger partial charge in [-0.05, 0) is 11.6 Å². The summed E-state index contributed by atoms with van der Waals surface area (Å²) in [5.74, 6) is 0. The molecule has 2 aromatic rings. The summed E-state index contributed by atoms with van der Waals surface area (Å²) in [4.78, 5) is 0. The predicted octanol–water partition coefficient (Wildman–Crippen LogP) is 2.62. The van der Waals surface area contributed by atoms with E-state index >= 15 is 0 Å². The number of nitrogens with one attached hydrogen (secondary N) is 2. The van der Waals surface area contributed by atoms with Gasteiger partial charge in [0.2, 0.25) is 0 Å². The zero-order valence-electron chi connectivity index (χ0n) is 10.6. The Morgan fingerprint density at radius 3 is 2.26 bits per heavy atom. The van der Waals surface area contributed by atoms with E-state index in [9.17, 15) is 8.42 Å². The Labute approximate surface area is 113 Å². The highest BCUT2D eigenvalue weighted by Crippen LogP contribution is 2.27. The molecule has 0 aliphatic heterocycles. The highest BCUT2D eigenvalue weighted by molar-refractivity contribution is 7.90. The van der Waals surface area contributed by atoms with E-state index in [0.717, 1.165) is 11.1 Å². The van der Waals surface area contributed by atoms with E-state index in [1.54, 1.807) is 19.1 Å². The fourth-order valence-electron chi connectivity index (χ4n) is 1.81. The number of hydrogen-bond acceptors (Lipinski definition) is 2. The Hall–Kier alpha value is -1.85. The summed E-state index contributed by atoms with van der Waals surface area (Å²) < 4.78 is 28.5. The maximum absolute atomic E-state index is 11.8. The van der Waals surface area contributed by atoms with Gasteiger partial charge in [0.25, 0.3) is 10.2 Å². The molecule has 100 valence electrons. The van der Waals surface area contributed by atoms with Gasteiger partial charge >= 0.3 is 0 Å². The third-order valence-electron chi connectivity index (χ3n) is 2.59. The normalized spacial score (nSPS) is 11.2. The SMILES string of the molecule is CCNS(=O)(=O)Nc1ccccc1-c1ccccc1. The Bertz CT molecular complexity index is 640. The highest BCUT2D eigenvalue weighted by Gasteiger charge is 2.11. The Kier molecular flexibility index (Phi) is 4.19. The third kappa shape index (κ3) is 3.56. The van der Waals surface area contributed by atoms with Crippen LogP contribution in [0.5, 0.6) is 0 Å². The van der Waals surface area contributed by atoms with Crippen LogP contribution in [0.15, 0.2) is 54.6 Å². The molecule has 0 amide bonds. The van der Waals surface area contributed by atoms with Gasteiger partial charge in [-0.3, -0.25) is 4.72 Å². The summed E-state index contributed by atoms with van der Waals surface area (Å²) in [6.45, 7) is 2.09. The van der Waals surface area contributed by atoms with Gasteiger partial charge in [-0.25, -0.2) is 0 Å². The maximum Gasteiger partial charge on any atom is 0.299 e. The Morgan fingerprint density at radius 2 is 1.58 bits per heavy atom. The molecule has 2 aromatic carbocycles. The van der Waals surface area contributed by atoms with Gasteiger partial charge in [0, 0.05) is 12.1 Å². The summed E-state index contributed by atoms with van der Waals surface area (Å²) in [7, 11) is -3.52. The number of para-hydroxylation sites is 1. The van der Waals surface area contributed by atoms with Crippen LogP contribution in [0.3, 0.4) is 0 Å². The second kappa shape index (κ2) is 5.86. The number of anilines is 1. The molecule has 0 aromatic heterocycles. The van der Waals surface area contributed by atoms with E-state index < -0.39 is 10.2 Å². The van der Waals surface area contributed by atoms with Crippen molar-refractivity contribution in [3.63, 3.8) is 0 Å². The van der Waals surface area contributed by atoms with Gasteiger partial charge < -0.3 is 0 Å². The molecule has 0 bridgehead atoms. The van der Waals surface area contributed by atoms with Crippen LogP contribution >= 0.6 is 0 Å². The van der Waals surface area contributed by atoms with E-state index in [2.05, 4.69) is 9.44 Å². The van der Waals surface area contributed by atoms with Crippen LogP contribution in [0.2, 0.25) is 0 Å². The monoisotopic (exact) mass is 276 g/mol. The van der Waals surface area contributed by atoms with Gasteiger partial charge in [0.1, 0.15) is 0 Å². The van der Waals surface area contributed by atoms with E-state index in [4.69, 9.17) is 0 Å². The fourth-order valence-corrected chi connectivity index (χ4v) is 2.73. The largest absolute Gasteiger partial charge is 0.299 e. The van der Waals surface area contributed by atoms with Gasteiger partial charge in [-0.15, -0.1) is 0 Å². The van der Waals surface area contributed by atoms with Crippen molar-refractivity contribution in [3.8, 4) is 11.1 Å². The van der Waals surface area contributed by atoms with Crippen molar-refractivity contribution >= 4 is 15.9 Å². The Balaban J connectivity index is 2.38. The molecule has 0 aliphatic rings. The number of benzene rings is 2. The third-order valence-corrected chi connectivity index (χ3v) is 3.75. The molecule has 4 nitrogen and oxygen atoms in total. The lowest BCUT2D eigenvalue weighted by Gasteiger charge is -2.12. The number of rotatable bonds is 5. The van der Waals surface area contributed by atoms with Crippen molar-refractivity contribution in [2.75, 3.05) is 11.3 Å². The first-order chi connectivity index (χ1) is 9.12. The standard InChI is InChI=1S/C14H16N2O2S/c1-2-15-19(17,18)16-14-11-7-6-10-13(14)12-8-4-3-5-9-12/h3-11,15-16H,2H2,1H3. The molecule has 0 atom stereocenters. The first-order valence-corrected chi connectivity index (χ1v) is 7.52. The first-order valence-electron chi connectivity index (χ1n) is 6.04. The van der Waals surface area contributed by atoms with Gasteiger partial charge in [0.05, 0.1) is 5.69 Å². The molecular formula is C14H16N2O2S. The van der Waals surface area contributed by atoms with Crippen LogP contribution in [-0.2, 0) is 10.2 Å². The minimum atomic E-state index is -3.52. The molecule has 19 heavy (non-hydrogen) atoms. The van der Waals surface area contributed by atoms with Crippen molar-refractivity contribution in [1.82, 2.24) is 4.72 Å². The van der Waals surface area contributed by atoms with Crippen LogP contribution in [0, 0.1) is 0 Å². The van der Waals surface area contributed by atoms with Crippen molar-refractivity contribution < 1.29 is 8.42 Å². The average Bonchev–Trinajstić information content (AvgIpc) is 2.40. The molecule has 0 unspecified atom stereocenters. The van der Waals surface area contributed by atoms with Crippen molar-refractivity contribution in [1.29, 1.82) is 0 Å². The number of hydrogen-bond donors (Lipinski definition) is 2. The first kappa shape index (κ1) is 13.6.